The van der Waals surface area contributed by atoms with Crippen LogP contribution >= 0.6 is 0 Å². The van der Waals surface area contributed by atoms with Crippen LogP contribution in [0.5, 0.6) is 0 Å². The van der Waals surface area contributed by atoms with Gasteiger partial charge < -0.3 is 10.1 Å². The van der Waals surface area contributed by atoms with Gasteiger partial charge in [0.1, 0.15) is 0 Å². The molecule has 2 heteroatoms. The smallest absolute Gasteiger partial charge is 0.0513 e. The molecule has 2 unspecified atom stereocenters. The van der Waals surface area contributed by atoms with E-state index in [1.54, 1.807) is 0 Å². The molecule has 2 nitrogen and oxygen atoms in total. The summed E-state index contributed by atoms with van der Waals surface area (Å²) in [6.07, 6.45) is 2.33. The summed E-state index contributed by atoms with van der Waals surface area (Å²) >= 11 is 0. The Morgan fingerprint density at radius 2 is 2.05 bits per heavy atom. The Kier molecular flexibility index (Phi) is 5.22. The van der Waals surface area contributed by atoms with Gasteiger partial charge in [0, 0.05) is 18.6 Å². The van der Waals surface area contributed by atoms with Crippen molar-refractivity contribution in [2.24, 2.45) is 5.92 Å². The van der Waals surface area contributed by atoms with Gasteiger partial charge in [0.2, 0.25) is 0 Å². The van der Waals surface area contributed by atoms with Gasteiger partial charge in [-0.25, -0.2) is 0 Å². The highest BCUT2D eigenvalue weighted by Gasteiger charge is 2.30. The molecule has 0 saturated carbocycles. The molecule has 20 heavy (non-hydrogen) atoms. The first-order chi connectivity index (χ1) is 9.54. The molecule has 1 saturated heterocycles. The van der Waals surface area contributed by atoms with Gasteiger partial charge in [0.15, 0.2) is 0 Å². The number of ether oxygens (including phenoxy) is 1. The molecule has 1 aliphatic rings. The molecule has 1 aliphatic heterocycles. The maximum Gasteiger partial charge on any atom is 0.0513 e. The lowest BCUT2D eigenvalue weighted by Crippen LogP contribution is -2.31. The zero-order valence-electron chi connectivity index (χ0n) is 13.4. The van der Waals surface area contributed by atoms with Gasteiger partial charge in [-0.2, -0.15) is 0 Å². The summed E-state index contributed by atoms with van der Waals surface area (Å²) in [6.45, 7) is 12.0. The minimum atomic E-state index is 0.183. The Balaban J connectivity index is 2.32. The van der Waals surface area contributed by atoms with Crippen LogP contribution in [0.2, 0.25) is 0 Å². The third-order valence-electron chi connectivity index (χ3n) is 4.15. The van der Waals surface area contributed by atoms with E-state index in [0.717, 1.165) is 19.8 Å². The monoisotopic (exact) mass is 275 g/mol. The van der Waals surface area contributed by atoms with E-state index in [-0.39, 0.29) is 5.41 Å². The second kappa shape index (κ2) is 6.73. The Morgan fingerprint density at radius 1 is 1.30 bits per heavy atom. The molecule has 0 spiro atoms. The fourth-order valence-corrected chi connectivity index (χ4v) is 3.10. The van der Waals surface area contributed by atoms with Crippen molar-refractivity contribution in [3.8, 4) is 0 Å². The first-order valence-corrected chi connectivity index (χ1v) is 7.94. The van der Waals surface area contributed by atoms with Crippen LogP contribution in [0, 0.1) is 5.92 Å². The van der Waals surface area contributed by atoms with E-state index >= 15 is 0 Å². The molecule has 112 valence electrons. The van der Waals surface area contributed by atoms with Gasteiger partial charge in [-0.15, -0.1) is 0 Å². The normalized spacial score (nSPS) is 21.1. The predicted molar refractivity (Wildman–Crippen MR) is 85.1 cm³/mol. The zero-order chi connectivity index (χ0) is 14.6. The molecule has 2 atom stereocenters. The van der Waals surface area contributed by atoms with E-state index in [4.69, 9.17) is 4.74 Å². The van der Waals surface area contributed by atoms with Crippen LogP contribution in [-0.4, -0.2) is 19.8 Å². The summed E-state index contributed by atoms with van der Waals surface area (Å²) in [7, 11) is 0. The molecule has 1 fully saturated rings. The van der Waals surface area contributed by atoms with E-state index < -0.39 is 0 Å². The quantitative estimate of drug-likeness (QED) is 0.875. The van der Waals surface area contributed by atoms with E-state index in [9.17, 15) is 0 Å². The molecule has 0 aromatic heterocycles. The van der Waals surface area contributed by atoms with Gasteiger partial charge >= 0.3 is 0 Å². The SMILES string of the molecule is CCCNC(c1ccccc1C(C)(C)C)C1CCOC1. The van der Waals surface area contributed by atoms with Crippen LogP contribution in [-0.2, 0) is 10.2 Å². The second-order valence-corrected chi connectivity index (χ2v) is 6.89. The second-order valence-electron chi connectivity index (χ2n) is 6.89. The highest BCUT2D eigenvalue weighted by atomic mass is 16.5. The average molecular weight is 275 g/mol. The first kappa shape index (κ1) is 15.5. The molecule has 1 aromatic carbocycles. The van der Waals surface area contributed by atoms with Crippen LogP contribution in [0.4, 0.5) is 0 Å². The predicted octanol–water partition coefficient (Wildman–Crippen LogP) is 4.06. The number of rotatable bonds is 5. The van der Waals surface area contributed by atoms with Gasteiger partial charge in [0.25, 0.3) is 0 Å². The Morgan fingerprint density at radius 3 is 2.65 bits per heavy atom. The number of benzene rings is 1. The van der Waals surface area contributed by atoms with E-state index in [2.05, 4.69) is 57.3 Å². The summed E-state index contributed by atoms with van der Waals surface area (Å²) in [5.41, 5.74) is 3.10. The van der Waals surface area contributed by atoms with Crippen molar-refractivity contribution in [2.75, 3.05) is 19.8 Å². The molecule has 0 aliphatic carbocycles. The van der Waals surface area contributed by atoms with Gasteiger partial charge in [-0.05, 0) is 35.9 Å². The molecule has 0 amide bonds. The van der Waals surface area contributed by atoms with Crippen LogP contribution in [0.25, 0.3) is 0 Å². The third-order valence-corrected chi connectivity index (χ3v) is 4.15. The van der Waals surface area contributed by atoms with Crippen LogP contribution in [0.3, 0.4) is 0 Å². The lowest BCUT2D eigenvalue weighted by molar-refractivity contribution is 0.176. The molecule has 1 heterocycles. The van der Waals surface area contributed by atoms with Crippen molar-refractivity contribution in [1.82, 2.24) is 5.32 Å². The van der Waals surface area contributed by atoms with Crippen molar-refractivity contribution in [1.29, 1.82) is 0 Å². The fraction of sp³-hybridized carbons (Fsp3) is 0.667. The lowest BCUT2D eigenvalue weighted by atomic mass is 9.79. The van der Waals surface area contributed by atoms with Crippen LogP contribution in [0.1, 0.15) is 57.7 Å². The Labute approximate surface area is 123 Å². The maximum atomic E-state index is 5.63. The first-order valence-electron chi connectivity index (χ1n) is 7.94. The highest BCUT2D eigenvalue weighted by molar-refractivity contribution is 5.35. The average Bonchev–Trinajstić information content (AvgIpc) is 2.92. The number of hydrogen-bond donors (Lipinski definition) is 1. The highest BCUT2D eigenvalue weighted by Crippen LogP contribution is 2.35. The van der Waals surface area contributed by atoms with Crippen molar-refractivity contribution < 1.29 is 4.74 Å². The summed E-state index contributed by atoms with van der Waals surface area (Å²) < 4.78 is 5.63. The molecule has 1 aromatic rings. The summed E-state index contributed by atoms with van der Waals surface area (Å²) in [5.74, 6) is 0.602. The molecule has 2 rings (SSSR count). The topological polar surface area (TPSA) is 21.3 Å². The number of nitrogens with one attached hydrogen (secondary N) is 1. The lowest BCUT2D eigenvalue weighted by Gasteiger charge is -2.31. The molecular formula is C18H29NO. The molecule has 0 bridgehead atoms. The standard InChI is InChI=1S/C18H29NO/c1-5-11-19-17(14-10-12-20-13-14)15-8-6-7-9-16(15)18(2,3)4/h6-9,14,17,19H,5,10-13H2,1-4H3. The fourth-order valence-electron chi connectivity index (χ4n) is 3.10. The van der Waals surface area contributed by atoms with E-state index in [1.165, 1.54) is 24.0 Å². The minimum absolute atomic E-state index is 0.183. The van der Waals surface area contributed by atoms with E-state index in [0.29, 0.717) is 12.0 Å². The molecular weight excluding hydrogens is 246 g/mol. The van der Waals surface area contributed by atoms with E-state index in [1.807, 2.05) is 0 Å². The van der Waals surface area contributed by atoms with Gasteiger partial charge in [-0.3, -0.25) is 0 Å². The largest absolute Gasteiger partial charge is 0.381 e. The van der Waals surface area contributed by atoms with Gasteiger partial charge in [0.05, 0.1) is 6.61 Å². The van der Waals surface area contributed by atoms with Crippen molar-refractivity contribution in [3.63, 3.8) is 0 Å². The van der Waals surface area contributed by atoms with Crippen molar-refractivity contribution in [2.45, 2.75) is 52.0 Å². The Bertz CT molecular complexity index is 416. The summed E-state index contributed by atoms with van der Waals surface area (Å²) in [5, 5.41) is 3.76. The minimum Gasteiger partial charge on any atom is -0.381 e. The molecule has 0 radical (unpaired) electrons. The maximum absolute atomic E-state index is 5.63. The van der Waals surface area contributed by atoms with Crippen molar-refractivity contribution in [3.05, 3.63) is 35.4 Å². The summed E-state index contributed by atoms with van der Waals surface area (Å²) in [6, 6.07) is 9.33. The molecule has 1 N–H and O–H groups in total. The van der Waals surface area contributed by atoms with Crippen LogP contribution < -0.4 is 5.32 Å². The zero-order valence-corrected chi connectivity index (χ0v) is 13.4. The summed E-state index contributed by atoms with van der Waals surface area (Å²) in [4.78, 5) is 0. The van der Waals surface area contributed by atoms with Gasteiger partial charge in [-0.1, -0.05) is 52.0 Å². The van der Waals surface area contributed by atoms with Crippen molar-refractivity contribution >= 4 is 0 Å². The Hall–Kier alpha value is -0.860. The number of hydrogen-bond acceptors (Lipinski definition) is 2. The van der Waals surface area contributed by atoms with Crippen LogP contribution in [0.15, 0.2) is 24.3 Å². The third kappa shape index (κ3) is 3.62.